The van der Waals surface area contributed by atoms with Crippen molar-refractivity contribution in [1.82, 2.24) is 10.6 Å². The van der Waals surface area contributed by atoms with Crippen LogP contribution >= 0.6 is 0 Å². The number of amides is 1. The van der Waals surface area contributed by atoms with E-state index in [1.54, 1.807) is 0 Å². The summed E-state index contributed by atoms with van der Waals surface area (Å²) in [6, 6.07) is 0.289. The van der Waals surface area contributed by atoms with Gasteiger partial charge in [0.15, 0.2) is 0 Å². The molecule has 0 aromatic rings. The second kappa shape index (κ2) is 2.90. The second-order valence-corrected chi connectivity index (χ2v) is 3.43. The lowest BCUT2D eigenvalue weighted by Crippen LogP contribution is -2.31. The Morgan fingerprint density at radius 2 is 2.50 bits per heavy atom. The van der Waals surface area contributed by atoms with Crippen molar-refractivity contribution in [3.63, 3.8) is 0 Å². The maximum atomic E-state index is 11.4. The van der Waals surface area contributed by atoms with Gasteiger partial charge in [-0.2, -0.15) is 0 Å². The highest BCUT2D eigenvalue weighted by molar-refractivity contribution is 5.85. The van der Waals surface area contributed by atoms with E-state index in [9.17, 15) is 4.79 Å². The molecule has 0 spiro atoms. The van der Waals surface area contributed by atoms with Crippen LogP contribution in [0.15, 0.2) is 11.8 Å². The molecule has 1 amide bonds. The molecule has 2 unspecified atom stereocenters. The third kappa shape index (κ3) is 1.05. The first-order valence-electron chi connectivity index (χ1n) is 4.57. The number of fused-ring (bicyclic) bond motifs is 1. The van der Waals surface area contributed by atoms with Gasteiger partial charge in [0.1, 0.15) is 0 Å². The Morgan fingerprint density at radius 1 is 1.67 bits per heavy atom. The smallest absolute Gasteiger partial charge is 0.229 e. The van der Waals surface area contributed by atoms with Crippen molar-refractivity contribution in [2.45, 2.75) is 25.8 Å². The predicted molar refractivity (Wildman–Crippen MR) is 46.4 cm³/mol. The van der Waals surface area contributed by atoms with Crippen LogP contribution in [0.25, 0.3) is 0 Å². The molecule has 2 aliphatic heterocycles. The molecule has 3 heteroatoms. The predicted octanol–water partition coefficient (Wildman–Crippen LogP) is 0.388. The van der Waals surface area contributed by atoms with E-state index in [0.717, 1.165) is 25.1 Å². The Hall–Kier alpha value is -0.830. The maximum Gasteiger partial charge on any atom is 0.229 e. The minimum Gasteiger partial charge on any atom is -0.328 e. The van der Waals surface area contributed by atoms with Gasteiger partial charge in [-0.1, -0.05) is 13.3 Å². The van der Waals surface area contributed by atoms with Gasteiger partial charge in [0.25, 0.3) is 0 Å². The first-order chi connectivity index (χ1) is 5.83. The van der Waals surface area contributed by atoms with Gasteiger partial charge in [-0.15, -0.1) is 0 Å². The van der Waals surface area contributed by atoms with Crippen molar-refractivity contribution in [2.75, 3.05) is 6.54 Å². The van der Waals surface area contributed by atoms with Crippen LogP contribution in [0.5, 0.6) is 0 Å². The lowest BCUT2D eigenvalue weighted by molar-refractivity contribution is -0.122. The molecule has 2 rings (SSSR count). The zero-order valence-electron chi connectivity index (χ0n) is 7.26. The molecule has 0 radical (unpaired) electrons. The normalized spacial score (nSPS) is 33.1. The Balaban J connectivity index is 2.13. The third-order valence-electron chi connectivity index (χ3n) is 2.60. The summed E-state index contributed by atoms with van der Waals surface area (Å²) in [5, 5.41) is 6.22. The van der Waals surface area contributed by atoms with Crippen LogP contribution in [0.4, 0.5) is 0 Å². The standard InChI is InChI=1S/C9H14N2O/c1-2-3-6-8-7(4-5-10-8)11-9(6)12/h4,6,8,10H,2-3,5H2,1H3,(H,11,12). The minimum atomic E-state index is 0.170. The van der Waals surface area contributed by atoms with Gasteiger partial charge >= 0.3 is 0 Å². The first kappa shape index (κ1) is 7.80. The molecule has 2 heterocycles. The average Bonchev–Trinajstić information content (AvgIpc) is 2.56. The van der Waals surface area contributed by atoms with Gasteiger partial charge in [0.2, 0.25) is 5.91 Å². The summed E-state index contributed by atoms with van der Waals surface area (Å²) in [7, 11) is 0. The average molecular weight is 166 g/mol. The molecule has 3 nitrogen and oxygen atoms in total. The third-order valence-corrected chi connectivity index (χ3v) is 2.60. The van der Waals surface area contributed by atoms with Crippen molar-refractivity contribution in [1.29, 1.82) is 0 Å². The molecular formula is C9H14N2O. The molecule has 0 aromatic carbocycles. The number of hydrogen-bond acceptors (Lipinski definition) is 2. The largest absolute Gasteiger partial charge is 0.328 e. The maximum absolute atomic E-state index is 11.4. The van der Waals surface area contributed by atoms with E-state index >= 15 is 0 Å². The molecule has 0 bridgehead atoms. The first-order valence-corrected chi connectivity index (χ1v) is 4.57. The van der Waals surface area contributed by atoms with Crippen LogP contribution < -0.4 is 10.6 Å². The lowest BCUT2D eigenvalue weighted by atomic mass is 9.97. The Labute approximate surface area is 72.2 Å². The summed E-state index contributed by atoms with van der Waals surface area (Å²) in [6.07, 6.45) is 4.13. The van der Waals surface area contributed by atoms with E-state index in [1.807, 2.05) is 0 Å². The number of hydrogen-bond donors (Lipinski definition) is 2. The Kier molecular flexibility index (Phi) is 1.89. The molecule has 0 aliphatic carbocycles. The highest BCUT2D eigenvalue weighted by Gasteiger charge is 2.39. The molecule has 2 atom stereocenters. The summed E-state index contributed by atoms with van der Waals surface area (Å²) in [6.45, 7) is 3.02. The minimum absolute atomic E-state index is 0.170. The fraction of sp³-hybridized carbons (Fsp3) is 0.667. The second-order valence-electron chi connectivity index (χ2n) is 3.43. The van der Waals surface area contributed by atoms with Crippen molar-refractivity contribution in [3.05, 3.63) is 11.8 Å². The van der Waals surface area contributed by atoms with Gasteiger partial charge in [0, 0.05) is 12.2 Å². The van der Waals surface area contributed by atoms with E-state index in [0.29, 0.717) is 0 Å². The lowest BCUT2D eigenvalue weighted by Gasteiger charge is -2.12. The number of rotatable bonds is 2. The van der Waals surface area contributed by atoms with E-state index < -0.39 is 0 Å². The zero-order chi connectivity index (χ0) is 8.55. The van der Waals surface area contributed by atoms with E-state index in [1.165, 1.54) is 0 Å². The molecule has 66 valence electrons. The molecule has 0 saturated carbocycles. The van der Waals surface area contributed by atoms with Crippen molar-refractivity contribution in [2.24, 2.45) is 5.92 Å². The summed E-state index contributed by atoms with van der Waals surface area (Å²) in [4.78, 5) is 11.4. The fourth-order valence-electron chi connectivity index (χ4n) is 2.02. The van der Waals surface area contributed by atoms with Crippen LogP contribution in [0, 0.1) is 5.92 Å². The zero-order valence-corrected chi connectivity index (χ0v) is 7.26. The quantitative estimate of drug-likeness (QED) is 0.623. The molecule has 1 fully saturated rings. The number of carbonyl (C=O) groups excluding carboxylic acids is 1. The molecule has 2 aliphatic rings. The van der Waals surface area contributed by atoms with E-state index in [2.05, 4.69) is 23.6 Å². The number of carbonyl (C=O) groups is 1. The van der Waals surface area contributed by atoms with E-state index in [-0.39, 0.29) is 17.9 Å². The van der Waals surface area contributed by atoms with Gasteiger partial charge in [0.05, 0.1) is 12.0 Å². The van der Waals surface area contributed by atoms with Crippen LogP contribution in [-0.2, 0) is 4.79 Å². The molecule has 2 N–H and O–H groups in total. The highest BCUT2D eigenvalue weighted by Crippen LogP contribution is 2.25. The summed E-state index contributed by atoms with van der Waals surface area (Å²) in [5.74, 6) is 0.365. The highest BCUT2D eigenvalue weighted by atomic mass is 16.2. The van der Waals surface area contributed by atoms with Crippen LogP contribution in [-0.4, -0.2) is 18.5 Å². The molecule has 12 heavy (non-hydrogen) atoms. The van der Waals surface area contributed by atoms with Crippen molar-refractivity contribution in [3.8, 4) is 0 Å². The van der Waals surface area contributed by atoms with Gasteiger partial charge in [-0.05, 0) is 12.5 Å². The van der Waals surface area contributed by atoms with Gasteiger partial charge in [-0.3, -0.25) is 4.79 Å². The van der Waals surface area contributed by atoms with Crippen molar-refractivity contribution < 1.29 is 4.79 Å². The summed E-state index contributed by atoms with van der Waals surface area (Å²) >= 11 is 0. The Bertz CT molecular complexity index is 235. The monoisotopic (exact) mass is 166 g/mol. The molecular weight excluding hydrogens is 152 g/mol. The number of nitrogens with one attached hydrogen (secondary N) is 2. The summed E-state index contributed by atoms with van der Waals surface area (Å²) in [5.41, 5.74) is 1.10. The summed E-state index contributed by atoms with van der Waals surface area (Å²) < 4.78 is 0. The van der Waals surface area contributed by atoms with Crippen LogP contribution in [0.3, 0.4) is 0 Å². The van der Waals surface area contributed by atoms with Crippen molar-refractivity contribution >= 4 is 5.91 Å². The SMILES string of the molecule is CCCC1C(=O)NC2=CCNC21. The van der Waals surface area contributed by atoms with E-state index in [4.69, 9.17) is 0 Å². The fourth-order valence-corrected chi connectivity index (χ4v) is 2.02. The van der Waals surface area contributed by atoms with Gasteiger partial charge < -0.3 is 10.6 Å². The van der Waals surface area contributed by atoms with Gasteiger partial charge in [-0.25, -0.2) is 0 Å². The topological polar surface area (TPSA) is 41.1 Å². The molecule has 0 aromatic heterocycles. The van der Waals surface area contributed by atoms with Crippen LogP contribution in [0.1, 0.15) is 19.8 Å². The molecule has 1 saturated heterocycles. The Morgan fingerprint density at radius 3 is 3.25 bits per heavy atom. The van der Waals surface area contributed by atoms with Crippen LogP contribution in [0.2, 0.25) is 0 Å².